The summed E-state index contributed by atoms with van der Waals surface area (Å²) >= 11 is 5.47. The second-order valence-electron chi connectivity index (χ2n) is 1.64. The van der Waals surface area contributed by atoms with E-state index in [2.05, 4.69) is 0 Å². The monoisotopic (exact) mass is 177 g/mol. The van der Waals surface area contributed by atoms with Gasteiger partial charge in [-0.15, -0.1) is 0 Å². The van der Waals surface area contributed by atoms with E-state index >= 15 is 0 Å². The third-order valence-corrected chi connectivity index (χ3v) is 1.79. The normalized spacial score (nSPS) is 9.40. The van der Waals surface area contributed by atoms with E-state index in [-0.39, 0.29) is 21.6 Å². The van der Waals surface area contributed by atoms with Crippen LogP contribution < -0.4 is 0 Å². The molecule has 0 heterocycles. The number of hydrogen-bond donors (Lipinski definition) is 0. The van der Waals surface area contributed by atoms with E-state index in [0.717, 1.165) is 0 Å². The summed E-state index contributed by atoms with van der Waals surface area (Å²) in [5.74, 6) is -0.635. The highest BCUT2D eigenvalue weighted by atomic mass is 35.5. The van der Waals surface area contributed by atoms with E-state index in [4.69, 9.17) is 11.6 Å². The van der Waals surface area contributed by atoms with Gasteiger partial charge in [0.1, 0.15) is 0 Å². The van der Waals surface area contributed by atoms with Gasteiger partial charge in [0, 0.05) is 10.3 Å². The molecule has 0 unspecified atom stereocenters. The van der Waals surface area contributed by atoms with Gasteiger partial charge in [-0.3, -0.25) is 0 Å². The Morgan fingerprint density at radius 1 is 1.50 bits per heavy atom. The van der Waals surface area contributed by atoms with E-state index in [1.807, 2.05) is 0 Å². The van der Waals surface area contributed by atoms with Gasteiger partial charge in [-0.25, -0.2) is 0 Å². The quantitative estimate of drug-likeness (QED) is 0.602. The average molecular weight is 178 g/mol. The second-order valence-corrected chi connectivity index (χ2v) is 2.65. The van der Waals surface area contributed by atoms with Gasteiger partial charge in [0.05, 0.1) is 5.02 Å². The lowest BCUT2D eigenvalue weighted by Crippen LogP contribution is -1.82. The standard InChI is InChI=1S/C6H3ClFOS/c7-4-2-1-3-5(10-9)6(4)8/h1-3H/q+1. The Balaban J connectivity index is 3.27. The summed E-state index contributed by atoms with van der Waals surface area (Å²) in [6, 6.07) is 4.32. The molecule has 1 rings (SSSR count). The molecule has 0 aliphatic carbocycles. The molecule has 1 aromatic rings. The van der Waals surface area contributed by atoms with E-state index in [1.54, 1.807) is 0 Å². The molecule has 0 atom stereocenters. The van der Waals surface area contributed by atoms with Gasteiger partial charge < -0.3 is 0 Å². The Hall–Kier alpha value is -0.540. The number of hydrogen-bond acceptors (Lipinski definition) is 1. The molecule has 52 valence electrons. The molecule has 0 aliphatic rings. The summed E-state index contributed by atoms with van der Waals surface area (Å²) in [5.41, 5.74) is 0. The van der Waals surface area contributed by atoms with Crippen molar-refractivity contribution < 1.29 is 8.60 Å². The highest BCUT2D eigenvalue weighted by Crippen LogP contribution is 2.17. The van der Waals surface area contributed by atoms with Crippen molar-refractivity contribution in [2.75, 3.05) is 0 Å². The Morgan fingerprint density at radius 2 is 2.20 bits per heavy atom. The van der Waals surface area contributed by atoms with Gasteiger partial charge in [0.15, 0.2) is 0 Å². The molecule has 4 heteroatoms. The van der Waals surface area contributed by atoms with Crippen LogP contribution in [0.1, 0.15) is 0 Å². The van der Waals surface area contributed by atoms with E-state index < -0.39 is 5.82 Å². The zero-order valence-corrected chi connectivity index (χ0v) is 6.38. The number of rotatable bonds is 1. The zero-order chi connectivity index (χ0) is 7.56. The molecule has 0 saturated heterocycles. The van der Waals surface area contributed by atoms with Gasteiger partial charge in [-0.05, 0) is 6.07 Å². The first-order valence-electron chi connectivity index (χ1n) is 2.49. The van der Waals surface area contributed by atoms with Crippen molar-refractivity contribution in [2.45, 2.75) is 4.90 Å². The topological polar surface area (TPSA) is 17.1 Å². The summed E-state index contributed by atoms with van der Waals surface area (Å²) in [4.78, 5) is 0.0347. The molecular weight excluding hydrogens is 175 g/mol. The molecule has 0 saturated carbocycles. The minimum Gasteiger partial charge on any atom is -0.199 e. The summed E-state index contributed by atoms with van der Waals surface area (Å²) < 4.78 is 22.8. The van der Waals surface area contributed by atoms with Gasteiger partial charge >= 0.3 is 16.6 Å². The van der Waals surface area contributed by atoms with Crippen LogP contribution in [0.15, 0.2) is 23.1 Å². The van der Waals surface area contributed by atoms with Gasteiger partial charge in [0.2, 0.25) is 5.82 Å². The van der Waals surface area contributed by atoms with Crippen LogP contribution in [0.25, 0.3) is 0 Å². The lowest BCUT2D eigenvalue weighted by Gasteiger charge is -1.86. The van der Waals surface area contributed by atoms with Crippen LogP contribution in [0, 0.1) is 5.82 Å². The summed E-state index contributed by atoms with van der Waals surface area (Å²) in [5, 5.41) is -0.0131. The maximum absolute atomic E-state index is 12.6. The lowest BCUT2D eigenvalue weighted by molar-refractivity contribution is 0.583. The smallest absolute Gasteiger partial charge is 0.199 e. The fourth-order valence-electron chi connectivity index (χ4n) is 0.548. The van der Waals surface area contributed by atoms with Crippen molar-refractivity contribution in [3.63, 3.8) is 0 Å². The Bertz CT molecular complexity index is 264. The summed E-state index contributed by atoms with van der Waals surface area (Å²) in [7, 11) is 0. The Labute approximate surface area is 66.3 Å². The van der Waals surface area contributed by atoms with Gasteiger partial charge in [-0.1, -0.05) is 17.7 Å². The molecule has 0 fully saturated rings. The first kappa shape index (κ1) is 7.57. The van der Waals surface area contributed by atoms with E-state index in [0.29, 0.717) is 0 Å². The maximum atomic E-state index is 12.6. The van der Waals surface area contributed by atoms with Crippen LogP contribution in [0.3, 0.4) is 0 Å². The predicted octanol–water partition coefficient (Wildman–Crippen LogP) is 2.27. The molecule has 1 aromatic carbocycles. The summed E-state index contributed by atoms with van der Waals surface area (Å²) in [6.45, 7) is 0. The third-order valence-electron chi connectivity index (χ3n) is 1.01. The minimum absolute atomic E-state index is 0.0131. The van der Waals surface area contributed by atoms with Crippen molar-refractivity contribution in [2.24, 2.45) is 0 Å². The van der Waals surface area contributed by atoms with Crippen molar-refractivity contribution in [3.05, 3.63) is 29.0 Å². The largest absolute Gasteiger partial charge is 0.508 e. The van der Waals surface area contributed by atoms with E-state index in [9.17, 15) is 8.60 Å². The molecule has 0 spiro atoms. The first-order valence-corrected chi connectivity index (χ1v) is 3.61. The number of benzene rings is 1. The second kappa shape index (κ2) is 3.03. The fraction of sp³-hybridized carbons (Fsp3) is 0. The van der Waals surface area contributed by atoms with Crippen LogP contribution in [0.2, 0.25) is 5.02 Å². The molecule has 0 aliphatic heterocycles. The molecule has 1 nitrogen and oxygen atoms in total. The minimum atomic E-state index is -0.635. The molecule has 0 radical (unpaired) electrons. The Morgan fingerprint density at radius 3 is 2.70 bits per heavy atom. The average Bonchev–Trinajstić information content (AvgIpc) is 1.95. The number of halogens is 2. The summed E-state index contributed by atoms with van der Waals surface area (Å²) in [6.07, 6.45) is 0. The van der Waals surface area contributed by atoms with Crippen LogP contribution in [-0.2, 0) is 15.9 Å². The Kier molecular flexibility index (Phi) is 2.29. The fourth-order valence-corrected chi connectivity index (χ4v) is 1.10. The zero-order valence-electron chi connectivity index (χ0n) is 4.80. The first-order chi connectivity index (χ1) is 4.75. The predicted molar refractivity (Wildman–Crippen MR) is 37.7 cm³/mol. The molecule has 0 bridgehead atoms. The SMILES string of the molecule is O=[S+]c1cccc(Cl)c1F. The molecular formula is C6H3ClFOS+. The van der Waals surface area contributed by atoms with Crippen LogP contribution >= 0.6 is 11.6 Å². The molecule has 0 amide bonds. The third kappa shape index (κ3) is 1.30. The van der Waals surface area contributed by atoms with Crippen LogP contribution in [-0.4, -0.2) is 0 Å². The van der Waals surface area contributed by atoms with Crippen LogP contribution in [0.4, 0.5) is 4.39 Å². The van der Waals surface area contributed by atoms with Crippen LogP contribution in [0.5, 0.6) is 0 Å². The van der Waals surface area contributed by atoms with Gasteiger partial charge in [-0.2, -0.15) is 4.39 Å². The molecule has 10 heavy (non-hydrogen) atoms. The highest BCUT2D eigenvalue weighted by Gasteiger charge is 2.16. The van der Waals surface area contributed by atoms with Crippen molar-refractivity contribution in [1.82, 2.24) is 0 Å². The van der Waals surface area contributed by atoms with Crippen molar-refractivity contribution in [3.8, 4) is 0 Å². The van der Waals surface area contributed by atoms with Crippen molar-refractivity contribution >= 4 is 23.3 Å². The maximum Gasteiger partial charge on any atom is 0.508 e. The van der Waals surface area contributed by atoms with Gasteiger partial charge in [0.25, 0.3) is 0 Å². The van der Waals surface area contributed by atoms with E-state index in [1.165, 1.54) is 18.2 Å². The molecule has 0 N–H and O–H groups in total. The highest BCUT2D eigenvalue weighted by molar-refractivity contribution is 7.65. The molecule has 0 aromatic heterocycles. The lowest BCUT2D eigenvalue weighted by atomic mass is 10.3. The van der Waals surface area contributed by atoms with Crippen molar-refractivity contribution in [1.29, 1.82) is 0 Å².